The Morgan fingerprint density at radius 1 is 1.50 bits per heavy atom. The number of carbonyl (C=O) groups is 1. The monoisotopic (exact) mass is 338 g/mol. The summed E-state index contributed by atoms with van der Waals surface area (Å²) in [5.74, 6) is 0. The Morgan fingerprint density at radius 3 is 3.00 bits per heavy atom. The Balaban J connectivity index is 2.04. The molecule has 1 heterocycles. The van der Waals surface area contributed by atoms with Gasteiger partial charge in [-0.2, -0.15) is 5.10 Å². The molecule has 0 bridgehead atoms. The minimum absolute atomic E-state index is 0.285. The molecule has 0 saturated heterocycles. The highest BCUT2D eigenvalue weighted by Gasteiger charge is 2.09. The van der Waals surface area contributed by atoms with Crippen LogP contribution in [-0.4, -0.2) is 23.9 Å². The van der Waals surface area contributed by atoms with Crippen molar-refractivity contribution in [2.24, 2.45) is 5.10 Å². The fraction of sp³-hybridized carbons (Fsp3) is 0.214. The van der Waals surface area contributed by atoms with E-state index in [2.05, 4.69) is 25.6 Å². The Hall–Kier alpha value is -2.12. The van der Waals surface area contributed by atoms with E-state index in [0.29, 0.717) is 15.2 Å². The molecule has 0 unspecified atom stereocenters. The highest BCUT2D eigenvalue weighted by Crippen LogP contribution is 2.28. The van der Waals surface area contributed by atoms with Gasteiger partial charge in [-0.25, -0.2) is 15.2 Å². The summed E-state index contributed by atoms with van der Waals surface area (Å²) in [6, 6.07) is 7.87. The van der Waals surface area contributed by atoms with Gasteiger partial charge in [0.2, 0.25) is 0 Å². The molecule has 6 nitrogen and oxygen atoms in total. The minimum Gasteiger partial charge on any atom is -0.449 e. The van der Waals surface area contributed by atoms with Gasteiger partial charge in [0.15, 0.2) is 10.3 Å². The molecule has 1 amide bonds. The topological polar surface area (TPSA) is 75.6 Å². The molecule has 0 atom stereocenters. The second-order valence-corrected chi connectivity index (χ2v) is 5.59. The minimum atomic E-state index is -0.613. The lowest BCUT2D eigenvalue weighted by Gasteiger charge is -2.05. The number of hydrogen-bond acceptors (Lipinski definition) is 6. The van der Waals surface area contributed by atoms with Gasteiger partial charge in [-0.15, -0.1) is 0 Å². The second-order valence-electron chi connectivity index (χ2n) is 4.20. The van der Waals surface area contributed by atoms with Crippen molar-refractivity contribution < 1.29 is 9.53 Å². The van der Waals surface area contributed by atoms with Gasteiger partial charge >= 0.3 is 6.09 Å². The van der Waals surface area contributed by atoms with Crippen molar-refractivity contribution in [1.82, 2.24) is 10.4 Å². The van der Waals surface area contributed by atoms with Crippen LogP contribution >= 0.6 is 22.9 Å². The van der Waals surface area contributed by atoms with Gasteiger partial charge < -0.3 is 10.1 Å². The van der Waals surface area contributed by atoms with Crippen LogP contribution in [0.4, 0.5) is 15.6 Å². The number of nitrogens with one attached hydrogen (secondary N) is 2. The summed E-state index contributed by atoms with van der Waals surface area (Å²) in [5.41, 5.74) is 4.30. The molecule has 0 spiro atoms. The predicted octanol–water partition coefficient (Wildman–Crippen LogP) is 3.93. The number of nitrogens with zero attached hydrogens (tertiary/aromatic N) is 2. The van der Waals surface area contributed by atoms with E-state index in [4.69, 9.17) is 11.6 Å². The van der Waals surface area contributed by atoms with Crippen LogP contribution in [0.5, 0.6) is 0 Å². The molecule has 8 heteroatoms. The maximum absolute atomic E-state index is 11.1. The smallest absolute Gasteiger partial charge is 0.427 e. The summed E-state index contributed by atoms with van der Waals surface area (Å²) in [6.07, 6.45) is 0.817. The van der Waals surface area contributed by atoms with Gasteiger partial charge in [0, 0.05) is 5.69 Å². The van der Waals surface area contributed by atoms with Crippen molar-refractivity contribution >= 4 is 46.1 Å². The third-order valence-electron chi connectivity index (χ3n) is 2.61. The van der Waals surface area contributed by atoms with Gasteiger partial charge in [-0.3, -0.25) is 0 Å². The Kier molecular flexibility index (Phi) is 5.74. The van der Waals surface area contributed by atoms with Crippen molar-refractivity contribution in [1.29, 1.82) is 0 Å². The number of thiazole rings is 1. The Labute approximate surface area is 137 Å². The van der Waals surface area contributed by atoms with E-state index in [0.717, 1.165) is 11.3 Å². The van der Waals surface area contributed by atoms with Gasteiger partial charge in [0.1, 0.15) is 0 Å². The molecule has 2 N–H and O–H groups in total. The molecule has 1 aromatic carbocycles. The molecule has 0 radical (unpaired) electrons. The van der Waals surface area contributed by atoms with Gasteiger partial charge in [0.05, 0.1) is 17.7 Å². The summed E-state index contributed by atoms with van der Waals surface area (Å²) in [6.45, 7) is 4.00. The third-order valence-corrected chi connectivity index (χ3v) is 3.91. The second kappa shape index (κ2) is 7.77. The number of aryl methyl sites for hydroxylation is 1. The number of para-hydroxylation sites is 1. The summed E-state index contributed by atoms with van der Waals surface area (Å²) >= 11 is 7.38. The zero-order valence-electron chi connectivity index (χ0n) is 12.1. The maximum Gasteiger partial charge on any atom is 0.427 e. The predicted molar refractivity (Wildman–Crippen MR) is 89.3 cm³/mol. The van der Waals surface area contributed by atoms with Crippen LogP contribution in [0.15, 0.2) is 29.4 Å². The first-order valence-corrected chi connectivity index (χ1v) is 7.74. The normalized spacial score (nSPS) is 10.7. The average molecular weight is 339 g/mol. The fourth-order valence-electron chi connectivity index (χ4n) is 1.58. The number of hydrazone groups is 1. The highest BCUT2D eigenvalue weighted by atomic mass is 35.5. The van der Waals surface area contributed by atoms with Crippen LogP contribution in [0, 0.1) is 6.92 Å². The molecular weight excluding hydrogens is 324 g/mol. The zero-order valence-corrected chi connectivity index (χ0v) is 13.7. The SMILES string of the molecule is CCOC(=O)N/N=C/c1sc(Nc2ccccc2C)nc1Cl. The summed E-state index contributed by atoms with van der Waals surface area (Å²) in [7, 11) is 0. The summed E-state index contributed by atoms with van der Waals surface area (Å²) < 4.78 is 4.69. The lowest BCUT2D eigenvalue weighted by atomic mass is 10.2. The van der Waals surface area contributed by atoms with E-state index in [1.807, 2.05) is 31.2 Å². The van der Waals surface area contributed by atoms with E-state index in [9.17, 15) is 4.79 Å². The first-order chi connectivity index (χ1) is 10.6. The van der Waals surface area contributed by atoms with E-state index < -0.39 is 6.09 Å². The Morgan fingerprint density at radius 2 is 2.27 bits per heavy atom. The molecule has 0 aliphatic heterocycles. The van der Waals surface area contributed by atoms with Gasteiger partial charge in [-0.1, -0.05) is 41.1 Å². The van der Waals surface area contributed by atoms with Crippen LogP contribution in [0.2, 0.25) is 5.15 Å². The van der Waals surface area contributed by atoms with Gasteiger partial charge in [-0.05, 0) is 25.5 Å². The van der Waals surface area contributed by atoms with Crippen LogP contribution in [-0.2, 0) is 4.74 Å². The van der Waals surface area contributed by atoms with Crippen molar-refractivity contribution in [2.75, 3.05) is 11.9 Å². The number of ether oxygens (including phenoxy) is 1. The molecule has 116 valence electrons. The zero-order chi connectivity index (χ0) is 15.9. The van der Waals surface area contributed by atoms with Crippen LogP contribution in [0.25, 0.3) is 0 Å². The maximum atomic E-state index is 11.1. The number of amides is 1. The van der Waals surface area contributed by atoms with Crippen molar-refractivity contribution in [3.63, 3.8) is 0 Å². The Bertz CT molecular complexity index is 687. The van der Waals surface area contributed by atoms with Crippen LogP contribution < -0.4 is 10.7 Å². The highest BCUT2D eigenvalue weighted by molar-refractivity contribution is 7.17. The third kappa shape index (κ3) is 4.44. The standard InChI is InChI=1S/C14H15ClN4O2S/c1-3-21-14(20)19-16-8-11-12(15)18-13(22-11)17-10-7-5-4-6-9(10)2/h4-8H,3H2,1-2H3,(H,17,18)(H,19,20)/b16-8+. The largest absolute Gasteiger partial charge is 0.449 e. The summed E-state index contributed by atoms with van der Waals surface area (Å²) in [4.78, 5) is 16.0. The molecule has 0 aliphatic rings. The fourth-order valence-corrected chi connectivity index (χ4v) is 2.62. The number of anilines is 2. The van der Waals surface area contributed by atoms with Crippen molar-refractivity contribution in [2.45, 2.75) is 13.8 Å². The van der Waals surface area contributed by atoms with Gasteiger partial charge in [0.25, 0.3) is 0 Å². The first kappa shape index (κ1) is 16.3. The average Bonchev–Trinajstić information content (AvgIpc) is 2.82. The molecular formula is C14H15ClN4O2S. The van der Waals surface area contributed by atoms with E-state index >= 15 is 0 Å². The van der Waals surface area contributed by atoms with Crippen LogP contribution in [0.1, 0.15) is 17.4 Å². The molecule has 1 aromatic heterocycles. The van der Waals surface area contributed by atoms with E-state index in [1.54, 1.807) is 6.92 Å². The quantitative estimate of drug-likeness (QED) is 0.639. The number of carbonyl (C=O) groups excluding carboxylic acids is 1. The van der Waals surface area contributed by atoms with E-state index in [1.165, 1.54) is 17.6 Å². The number of hydrogen-bond donors (Lipinski definition) is 2. The molecule has 22 heavy (non-hydrogen) atoms. The first-order valence-electron chi connectivity index (χ1n) is 6.55. The summed E-state index contributed by atoms with van der Waals surface area (Å²) in [5, 5.41) is 7.93. The molecule has 0 aliphatic carbocycles. The number of rotatable bonds is 5. The number of aromatic nitrogens is 1. The molecule has 2 rings (SSSR count). The molecule has 0 fully saturated rings. The lowest BCUT2D eigenvalue weighted by molar-refractivity contribution is 0.152. The molecule has 0 saturated carbocycles. The number of halogens is 1. The molecule has 2 aromatic rings. The van der Waals surface area contributed by atoms with Crippen molar-refractivity contribution in [3.8, 4) is 0 Å². The lowest BCUT2D eigenvalue weighted by Crippen LogP contribution is -2.18. The van der Waals surface area contributed by atoms with E-state index in [-0.39, 0.29) is 6.61 Å². The van der Waals surface area contributed by atoms with Crippen molar-refractivity contribution in [3.05, 3.63) is 39.9 Å². The number of benzene rings is 1. The van der Waals surface area contributed by atoms with Crippen LogP contribution in [0.3, 0.4) is 0 Å².